The lowest BCUT2D eigenvalue weighted by atomic mass is 10.2. The van der Waals surface area contributed by atoms with E-state index in [-0.39, 0.29) is 5.91 Å². The van der Waals surface area contributed by atoms with Gasteiger partial charge in [-0.05, 0) is 26.0 Å². The van der Waals surface area contributed by atoms with Crippen LogP contribution in [-0.2, 0) is 4.79 Å². The number of likely N-dealkylation sites (tertiary alicyclic amines) is 1. The zero-order valence-electron chi connectivity index (χ0n) is 7.79. The van der Waals surface area contributed by atoms with E-state index in [1.54, 1.807) is 13.1 Å². The van der Waals surface area contributed by atoms with E-state index in [1.807, 2.05) is 11.8 Å². The van der Waals surface area contributed by atoms with Crippen LogP contribution in [0.25, 0.3) is 0 Å². The lowest BCUT2D eigenvalue weighted by molar-refractivity contribution is -0.129. The van der Waals surface area contributed by atoms with Gasteiger partial charge in [-0.1, -0.05) is 0 Å². The van der Waals surface area contributed by atoms with E-state index in [0.29, 0.717) is 6.04 Å². The first-order valence-electron chi connectivity index (χ1n) is 4.47. The van der Waals surface area contributed by atoms with Crippen molar-refractivity contribution in [2.75, 3.05) is 13.1 Å². The van der Waals surface area contributed by atoms with Gasteiger partial charge in [0.2, 0.25) is 5.91 Å². The van der Waals surface area contributed by atoms with E-state index >= 15 is 0 Å². The Morgan fingerprint density at radius 1 is 1.75 bits per heavy atom. The van der Waals surface area contributed by atoms with Crippen LogP contribution in [0.2, 0.25) is 0 Å². The van der Waals surface area contributed by atoms with Crippen molar-refractivity contribution < 1.29 is 4.79 Å². The molecule has 0 saturated carbocycles. The topological polar surface area (TPSA) is 32.7 Å². The highest BCUT2D eigenvalue weighted by Crippen LogP contribution is 2.16. The monoisotopic (exact) mass is 168 g/mol. The Hall–Kier alpha value is -0.860. The number of rotatable bonds is 2. The fourth-order valence-electron chi connectivity index (χ4n) is 1.67. The first kappa shape index (κ1) is 9.23. The molecule has 0 bridgehead atoms. The molecule has 0 radical (unpaired) electrons. The molecule has 3 heteroatoms. The summed E-state index contributed by atoms with van der Waals surface area (Å²) in [4.78, 5) is 17.2. The maximum Gasteiger partial charge on any atom is 0.219 e. The SMILES string of the molecule is CC=NCC1CCCN1C(C)=O. The number of hydrogen-bond donors (Lipinski definition) is 0. The van der Waals surface area contributed by atoms with Crippen molar-refractivity contribution >= 4 is 12.1 Å². The Kier molecular flexibility index (Phi) is 3.26. The number of carbonyl (C=O) groups is 1. The van der Waals surface area contributed by atoms with E-state index in [9.17, 15) is 4.79 Å². The fraction of sp³-hybridized carbons (Fsp3) is 0.778. The summed E-state index contributed by atoms with van der Waals surface area (Å²) >= 11 is 0. The summed E-state index contributed by atoms with van der Waals surface area (Å²) in [6.45, 7) is 5.23. The zero-order chi connectivity index (χ0) is 8.97. The van der Waals surface area contributed by atoms with Crippen molar-refractivity contribution in [1.29, 1.82) is 0 Å². The highest BCUT2D eigenvalue weighted by molar-refractivity contribution is 5.74. The first-order valence-corrected chi connectivity index (χ1v) is 4.47. The molecule has 3 nitrogen and oxygen atoms in total. The van der Waals surface area contributed by atoms with Crippen LogP contribution in [0.1, 0.15) is 26.7 Å². The number of carbonyl (C=O) groups excluding carboxylic acids is 1. The normalized spacial score (nSPS) is 23.8. The molecule has 0 spiro atoms. The Balaban J connectivity index is 2.46. The van der Waals surface area contributed by atoms with E-state index in [1.165, 1.54) is 0 Å². The minimum absolute atomic E-state index is 0.184. The summed E-state index contributed by atoms with van der Waals surface area (Å²) in [7, 11) is 0. The lowest BCUT2D eigenvalue weighted by Crippen LogP contribution is -2.35. The molecule has 1 aliphatic heterocycles. The number of aliphatic imine (C=N–C) groups is 1. The van der Waals surface area contributed by atoms with Crippen molar-refractivity contribution in [3.8, 4) is 0 Å². The predicted molar refractivity (Wildman–Crippen MR) is 49.4 cm³/mol. The van der Waals surface area contributed by atoms with Gasteiger partial charge in [0.05, 0.1) is 12.6 Å². The quantitative estimate of drug-likeness (QED) is 0.568. The molecule has 0 N–H and O–H groups in total. The van der Waals surface area contributed by atoms with Gasteiger partial charge in [-0.15, -0.1) is 0 Å². The predicted octanol–water partition coefficient (Wildman–Crippen LogP) is 1.09. The fourth-order valence-corrected chi connectivity index (χ4v) is 1.67. The van der Waals surface area contributed by atoms with Gasteiger partial charge in [-0.25, -0.2) is 0 Å². The molecular formula is C9H16N2O. The van der Waals surface area contributed by atoms with Crippen molar-refractivity contribution in [2.45, 2.75) is 32.7 Å². The third-order valence-corrected chi connectivity index (χ3v) is 2.28. The summed E-state index contributed by atoms with van der Waals surface area (Å²) < 4.78 is 0. The van der Waals surface area contributed by atoms with Gasteiger partial charge < -0.3 is 4.90 Å². The number of nitrogens with zero attached hydrogens (tertiary/aromatic N) is 2. The van der Waals surface area contributed by atoms with Crippen molar-refractivity contribution in [3.05, 3.63) is 0 Å². The van der Waals surface area contributed by atoms with E-state index in [2.05, 4.69) is 4.99 Å². The van der Waals surface area contributed by atoms with Gasteiger partial charge in [-0.3, -0.25) is 9.79 Å². The molecule has 1 heterocycles. The molecule has 1 atom stereocenters. The van der Waals surface area contributed by atoms with E-state index in [0.717, 1.165) is 25.9 Å². The van der Waals surface area contributed by atoms with Crippen LogP contribution in [0, 0.1) is 0 Å². The largest absolute Gasteiger partial charge is 0.338 e. The molecule has 12 heavy (non-hydrogen) atoms. The molecule has 1 rings (SSSR count). The van der Waals surface area contributed by atoms with Crippen LogP contribution in [0.4, 0.5) is 0 Å². The van der Waals surface area contributed by atoms with Gasteiger partial charge in [0.15, 0.2) is 0 Å². The molecule has 68 valence electrons. The Morgan fingerprint density at radius 2 is 2.50 bits per heavy atom. The van der Waals surface area contributed by atoms with E-state index < -0.39 is 0 Å². The minimum atomic E-state index is 0.184. The average Bonchev–Trinajstić information content (AvgIpc) is 2.48. The van der Waals surface area contributed by atoms with Crippen LogP contribution in [0.15, 0.2) is 4.99 Å². The second-order valence-corrected chi connectivity index (χ2v) is 3.13. The number of amides is 1. The molecule has 0 aliphatic carbocycles. The standard InChI is InChI=1S/C9H16N2O/c1-3-10-7-9-5-4-6-11(9)8(2)12/h3,9H,4-7H2,1-2H3. The lowest BCUT2D eigenvalue weighted by Gasteiger charge is -2.21. The van der Waals surface area contributed by atoms with Gasteiger partial charge in [0.25, 0.3) is 0 Å². The number of hydrogen-bond acceptors (Lipinski definition) is 2. The van der Waals surface area contributed by atoms with Crippen LogP contribution >= 0.6 is 0 Å². The first-order chi connectivity index (χ1) is 5.75. The molecule has 1 amide bonds. The molecule has 1 unspecified atom stereocenters. The molecule has 0 aromatic heterocycles. The highest BCUT2D eigenvalue weighted by Gasteiger charge is 2.25. The summed E-state index contributed by atoms with van der Waals surface area (Å²) in [5.41, 5.74) is 0. The minimum Gasteiger partial charge on any atom is -0.338 e. The van der Waals surface area contributed by atoms with Gasteiger partial charge >= 0.3 is 0 Å². The molecule has 0 aromatic carbocycles. The van der Waals surface area contributed by atoms with Gasteiger partial charge in [-0.2, -0.15) is 0 Å². The van der Waals surface area contributed by atoms with Crippen molar-refractivity contribution in [2.24, 2.45) is 4.99 Å². The van der Waals surface area contributed by atoms with Crippen molar-refractivity contribution in [1.82, 2.24) is 4.90 Å². The Labute approximate surface area is 73.5 Å². The maximum absolute atomic E-state index is 11.1. The highest BCUT2D eigenvalue weighted by atomic mass is 16.2. The van der Waals surface area contributed by atoms with Crippen molar-refractivity contribution in [3.63, 3.8) is 0 Å². The van der Waals surface area contributed by atoms with Crippen LogP contribution in [0.5, 0.6) is 0 Å². The van der Waals surface area contributed by atoms with E-state index in [4.69, 9.17) is 0 Å². The Morgan fingerprint density at radius 3 is 3.08 bits per heavy atom. The molecular weight excluding hydrogens is 152 g/mol. The molecule has 1 fully saturated rings. The molecule has 0 aromatic rings. The van der Waals surface area contributed by atoms with Crippen LogP contribution in [0.3, 0.4) is 0 Å². The molecule has 1 aliphatic rings. The maximum atomic E-state index is 11.1. The second kappa shape index (κ2) is 4.24. The molecule has 1 saturated heterocycles. The third kappa shape index (κ3) is 2.06. The summed E-state index contributed by atoms with van der Waals surface area (Å²) in [6.07, 6.45) is 4.04. The summed E-state index contributed by atoms with van der Waals surface area (Å²) in [6, 6.07) is 0.360. The summed E-state index contributed by atoms with van der Waals surface area (Å²) in [5.74, 6) is 0.184. The zero-order valence-corrected chi connectivity index (χ0v) is 7.79. The van der Waals surface area contributed by atoms with Gasteiger partial charge in [0, 0.05) is 13.5 Å². The van der Waals surface area contributed by atoms with Gasteiger partial charge in [0.1, 0.15) is 0 Å². The summed E-state index contributed by atoms with van der Waals surface area (Å²) in [5, 5.41) is 0. The Bertz CT molecular complexity index is 189. The smallest absolute Gasteiger partial charge is 0.219 e. The van der Waals surface area contributed by atoms with Crippen LogP contribution < -0.4 is 0 Å². The van der Waals surface area contributed by atoms with Crippen LogP contribution in [-0.4, -0.2) is 36.2 Å². The second-order valence-electron chi connectivity index (χ2n) is 3.13. The third-order valence-electron chi connectivity index (χ3n) is 2.28. The average molecular weight is 168 g/mol.